The summed E-state index contributed by atoms with van der Waals surface area (Å²) < 4.78 is 93.5. The number of fused-ring (bicyclic) bond motifs is 1. The van der Waals surface area contributed by atoms with Crippen molar-refractivity contribution in [3.63, 3.8) is 0 Å². The average molecular weight is 760 g/mol. The van der Waals surface area contributed by atoms with Gasteiger partial charge in [-0.1, -0.05) is 0 Å². The predicted octanol–water partition coefficient (Wildman–Crippen LogP) is 0.128. The van der Waals surface area contributed by atoms with Crippen LogP contribution in [0.5, 0.6) is 5.75 Å². The van der Waals surface area contributed by atoms with Crippen LogP contribution in [0.4, 0.5) is 36.8 Å². The molecule has 1 aromatic carbocycles. The summed E-state index contributed by atoms with van der Waals surface area (Å²) in [7, 11) is 0. The van der Waals surface area contributed by atoms with Crippen LogP contribution < -0.4 is 30.9 Å². The number of carboxylic acid groups (broad SMARTS) is 1. The van der Waals surface area contributed by atoms with E-state index in [1.165, 1.54) is 6.92 Å². The summed E-state index contributed by atoms with van der Waals surface area (Å²) in [6.45, 7) is -1.34. The zero-order chi connectivity index (χ0) is 39.6. The van der Waals surface area contributed by atoms with Crippen LogP contribution in [0.2, 0.25) is 0 Å². The lowest BCUT2D eigenvalue weighted by molar-refractivity contribution is -0.278. The van der Waals surface area contributed by atoms with Gasteiger partial charge in [-0.05, 0) is 32.4 Å². The van der Waals surface area contributed by atoms with E-state index in [4.69, 9.17) is 19.3 Å². The van der Waals surface area contributed by atoms with Crippen molar-refractivity contribution in [2.45, 2.75) is 69.5 Å². The summed E-state index contributed by atoms with van der Waals surface area (Å²) in [5, 5.41) is 27.1. The molecular formula is C29H35F6N5O12. The molecule has 2 unspecified atom stereocenters. The summed E-state index contributed by atoms with van der Waals surface area (Å²) >= 11 is 0. The first-order valence-corrected chi connectivity index (χ1v) is 15.1. The molecule has 17 nitrogen and oxygen atoms in total. The predicted molar refractivity (Wildman–Crippen MR) is 160 cm³/mol. The Bertz CT molecular complexity index is 1530. The largest absolute Gasteiger partial charge is 0.508 e. The second kappa shape index (κ2) is 17.7. The third-order valence-electron chi connectivity index (χ3n) is 7.10. The molecule has 1 aliphatic rings. The lowest BCUT2D eigenvalue weighted by Gasteiger charge is -2.29. The van der Waals surface area contributed by atoms with Crippen LogP contribution in [0, 0.1) is 5.82 Å². The molecule has 0 aromatic heterocycles. The van der Waals surface area contributed by atoms with Gasteiger partial charge in [0.2, 0.25) is 17.4 Å². The highest BCUT2D eigenvalue weighted by atomic mass is 19.4. The van der Waals surface area contributed by atoms with E-state index in [2.05, 4.69) is 10.6 Å². The van der Waals surface area contributed by atoms with Crippen molar-refractivity contribution in [1.29, 1.82) is 0 Å². The number of amides is 5. The smallest absolute Gasteiger partial charge is 0.486 e. The van der Waals surface area contributed by atoms with Gasteiger partial charge >= 0.3 is 24.2 Å². The number of alkyl halides is 5. The Balaban J connectivity index is 2.02. The molecule has 0 radical (unpaired) electrons. The van der Waals surface area contributed by atoms with E-state index in [-0.39, 0.29) is 30.8 Å². The Hall–Kier alpha value is -5.35. The highest BCUT2D eigenvalue weighted by molar-refractivity contribution is 6.10. The molecule has 0 saturated carbocycles. The Morgan fingerprint density at radius 1 is 1.02 bits per heavy atom. The van der Waals surface area contributed by atoms with Gasteiger partial charge in [0.1, 0.15) is 43.0 Å². The number of carbonyl (C=O) groups is 7. The standard InChI is InChI=1S/C29H35F6N5O12/c1-14-21(39-25(47)27(3,49)24(46)37-13-28(31,32)29(33,34)35)22(43)40(18-12-16(30)4-6-19(18)52-14)9-11-51-26(48)50-10-8-36-20(42)7-5-17(23(44)45)38-15(2)41/h4,6,12,14,17,21,49H,5,7-11,13H2,1-3H3,(H,36,42)(H,37,46)(H,38,41)(H,39,47)(H,44,45)/t14-,17?,21+,27?/m1/s1. The summed E-state index contributed by atoms with van der Waals surface area (Å²) in [5.41, 5.74) is -3.52. The van der Waals surface area contributed by atoms with Crippen LogP contribution in [0.25, 0.3) is 0 Å². The lowest BCUT2D eigenvalue weighted by Crippen LogP contribution is -2.63. The van der Waals surface area contributed by atoms with Crippen LogP contribution in [0.3, 0.4) is 0 Å². The maximum Gasteiger partial charge on any atom is 0.508 e. The molecule has 52 heavy (non-hydrogen) atoms. The maximum absolute atomic E-state index is 14.2. The molecular weight excluding hydrogens is 724 g/mol. The molecule has 6 N–H and O–H groups in total. The number of hydrogen-bond acceptors (Lipinski definition) is 11. The number of rotatable bonds is 16. The summed E-state index contributed by atoms with van der Waals surface area (Å²) in [5.74, 6) is -13.7. The number of hydrogen-bond donors (Lipinski definition) is 6. The second-order valence-corrected chi connectivity index (χ2v) is 11.3. The van der Waals surface area contributed by atoms with Gasteiger partial charge in [0.05, 0.1) is 25.3 Å². The first-order valence-electron chi connectivity index (χ1n) is 15.1. The molecule has 1 heterocycles. The van der Waals surface area contributed by atoms with Gasteiger partial charge in [-0.3, -0.25) is 24.0 Å². The van der Waals surface area contributed by atoms with Crippen molar-refractivity contribution in [3.8, 4) is 5.75 Å². The maximum atomic E-state index is 14.2. The molecule has 0 bridgehead atoms. The van der Waals surface area contributed by atoms with Crippen molar-refractivity contribution in [2.75, 3.05) is 37.7 Å². The van der Waals surface area contributed by atoms with Crippen LogP contribution in [-0.2, 0) is 38.2 Å². The Labute approximate surface area is 290 Å². The van der Waals surface area contributed by atoms with E-state index in [1.807, 2.05) is 5.32 Å². The van der Waals surface area contributed by atoms with E-state index >= 15 is 0 Å². The average Bonchev–Trinajstić information content (AvgIpc) is 3.12. The van der Waals surface area contributed by atoms with Crippen LogP contribution in [0.1, 0.15) is 33.6 Å². The van der Waals surface area contributed by atoms with E-state index in [9.17, 15) is 65.0 Å². The number of aliphatic hydroxyl groups is 1. The SMILES string of the molecule is CC(=O)NC(CCC(=O)NCCOC(=O)OCCN1C(=O)[C@@H](NC(=O)C(C)(O)C(=O)NCC(F)(F)C(F)(F)F)[C@@H](C)Oc2ccc(F)cc21)C(=O)O. The molecule has 1 aliphatic heterocycles. The highest BCUT2D eigenvalue weighted by Gasteiger charge is 2.58. The molecule has 0 fully saturated rings. The van der Waals surface area contributed by atoms with Crippen molar-refractivity contribution in [3.05, 3.63) is 24.0 Å². The number of halogens is 6. The van der Waals surface area contributed by atoms with Gasteiger partial charge in [-0.2, -0.15) is 22.0 Å². The fourth-order valence-corrected chi connectivity index (χ4v) is 4.27. The number of benzene rings is 1. The molecule has 1 aromatic rings. The minimum Gasteiger partial charge on any atom is -0.486 e. The molecule has 4 atom stereocenters. The molecule has 23 heteroatoms. The van der Waals surface area contributed by atoms with Crippen molar-refractivity contribution < 1.29 is 84.3 Å². The monoisotopic (exact) mass is 759 g/mol. The summed E-state index contributed by atoms with van der Waals surface area (Å²) in [6, 6.07) is -0.182. The van der Waals surface area contributed by atoms with Crippen LogP contribution in [-0.4, -0.2) is 121 Å². The number of ether oxygens (including phenoxy) is 3. The third kappa shape index (κ3) is 11.9. The van der Waals surface area contributed by atoms with Crippen molar-refractivity contribution in [1.82, 2.24) is 21.3 Å². The van der Waals surface area contributed by atoms with Crippen LogP contribution >= 0.6 is 0 Å². The first-order chi connectivity index (χ1) is 24.0. The third-order valence-corrected chi connectivity index (χ3v) is 7.10. The van der Waals surface area contributed by atoms with Crippen molar-refractivity contribution >= 4 is 47.3 Å². The van der Waals surface area contributed by atoms with Gasteiger partial charge in [-0.15, -0.1) is 0 Å². The summed E-state index contributed by atoms with van der Waals surface area (Å²) in [6.07, 6.45) is -9.19. The quantitative estimate of drug-likeness (QED) is 0.0571. The minimum absolute atomic E-state index is 0.122. The number of nitrogens with one attached hydrogen (secondary N) is 4. The Morgan fingerprint density at radius 3 is 2.25 bits per heavy atom. The zero-order valence-corrected chi connectivity index (χ0v) is 27.6. The second-order valence-electron chi connectivity index (χ2n) is 11.3. The molecule has 5 amide bonds. The fraction of sp³-hybridized carbons (Fsp3) is 0.552. The number of aliphatic carboxylic acids is 1. The van der Waals surface area contributed by atoms with E-state index in [1.54, 1.807) is 0 Å². The van der Waals surface area contributed by atoms with Crippen molar-refractivity contribution in [2.24, 2.45) is 0 Å². The topological polar surface area (TPSA) is 239 Å². The van der Waals surface area contributed by atoms with E-state index in [0.29, 0.717) is 6.92 Å². The minimum atomic E-state index is -6.06. The number of carbonyl (C=O) groups excluding carboxylic acids is 6. The number of carboxylic acids is 1. The molecule has 0 spiro atoms. The van der Waals surface area contributed by atoms with Crippen LogP contribution in [0.15, 0.2) is 18.2 Å². The van der Waals surface area contributed by atoms with E-state index < -0.39 is 110 Å². The number of anilines is 1. The van der Waals surface area contributed by atoms with Gasteiger partial charge in [0.15, 0.2) is 0 Å². The molecule has 2 rings (SSSR count). The van der Waals surface area contributed by atoms with Gasteiger partial charge < -0.3 is 50.6 Å². The Kier molecular flexibility index (Phi) is 14.6. The lowest BCUT2D eigenvalue weighted by atomic mass is 10.0. The highest BCUT2D eigenvalue weighted by Crippen LogP contribution is 2.35. The van der Waals surface area contributed by atoms with E-state index in [0.717, 1.165) is 35.3 Å². The first kappa shape index (κ1) is 42.8. The van der Waals surface area contributed by atoms with Gasteiger partial charge in [-0.25, -0.2) is 14.0 Å². The van der Waals surface area contributed by atoms with Gasteiger partial charge in [0, 0.05) is 19.4 Å². The number of nitrogens with zero attached hydrogens (tertiary/aromatic N) is 1. The molecule has 0 saturated heterocycles. The fourth-order valence-electron chi connectivity index (χ4n) is 4.27. The Morgan fingerprint density at radius 2 is 1.65 bits per heavy atom. The molecule has 0 aliphatic carbocycles. The molecule has 290 valence electrons. The normalized spacial score (nSPS) is 17.6. The van der Waals surface area contributed by atoms with Gasteiger partial charge in [0.25, 0.3) is 17.7 Å². The zero-order valence-electron chi connectivity index (χ0n) is 27.6. The summed E-state index contributed by atoms with van der Waals surface area (Å²) in [4.78, 5) is 85.8.